The average Bonchev–Trinajstić information content (AvgIpc) is 2.03. The molecule has 13 heavy (non-hydrogen) atoms. The molecule has 0 aliphatic rings. The SMILES string of the molecule is CN[C@@H](C)C(=O)O.C[C@H](N)C(=O)O. The van der Waals surface area contributed by atoms with Gasteiger partial charge in [-0.3, -0.25) is 9.59 Å². The van der Waals surface area contributed by atoms with Gasteiger partial charge >= 0.3 is 11.9 Å². The van der Waals surface area contributed by atoms with E-state index in [4.69, 9.17) is 15.9 Å². The van der Waals surface area contributed by atoms with Crippen molar-refractivity contribution < 1.29 is 19.8 Å². The van der Waals surface area contributed by atoms with E-state index in [2.05, 4.69) is 5.32 Å². The lowest BCUT2D eigenvalue weighted by Gasteiger charge is -1.99. The van der Waals surface area contributed by atoms with Gasteiger partial charge in [0.15, 0.2) is 0 Å². The topological polar surface area (TPSA) is 113 Å². The Bertz CT molecular complexity index is 170. The van der Waals surface area contributed by atoms with Crippen molar-refractivity contribution in [2.45, 2.75) is 25.9 Å². The van der Waals surface area contributed by atoms with E-state index in [9.17, 15) is 9.59 Å². The summed E-state index contributed by atoms with van der Waals surface area (Å²) in [6, 6.07) is -1.16. The smallest absolute Gasteiger partial charge is 0.320 e. The lowest BCUT2D eigenvalue weighted by Crippen LogP contribution is -2.29. The quantitative estimate of drug-likeness (QED) is 0.461. The number of nitrogens with one attached hydrogen (secondary N) is 1. The fraction of sp³-hybridized carbons (Fsp3) is 0.714. The number of aliphatic carboxylic acids is 2. The van der Waals surface area contributed by atoms with Crippen molar-refractivity contribution in [3.05, 3.63) is 0 Å². The highest BCUT2D eigenvalue weighted by Crippen LogP contribution is 1.74. The zero-order valence-electron chi connectivity index (χ0n) is 7.94. The number of likely N-dealkylation sites (N-methyl/N-ethyl adjacent to an activating group) is 1. The first-order chi connectivity index (χ1) is 5.82. The second-order valence-electron chi connectivity index (χ2n) is 2.48. The third kappa shape index (κ3) is 10.9. The van der Waals surface area contributed by atoms with Crippen LogP contribution < -0.4 is 11.1 Å². The Morgan fingerprint density at radius 3 is 1.54 bits per heavy atom. The number of rotatable bonds is 3. The van der Waals surface area contributed by atoms with Crippen LogP contribution in [0.15, 0.2) is 0 Å². The molecular weight excluding hydrogens is 176 g/mol. The standard InChI is InChI=1S/C4H9NO2.C3H7NO2/c1-3(5-2)4(6)7;1-2(4)3(5)6/h3,5H,1-2H3,(H,6,7);2H,4H2,1H3,(H,5,6)/t3-;2-/m00/s1. The van der Waals surface area contributed by atoms with E-state index in [0.717, 1.165) is 0 Å². The van der Waals surface area contributed by atoms with E-state index in [-0.39, 0.29) is 0 Å². The number of carboxylic acids is 2. The third-order valence-electron chi connectivity index (χ3n) is 1.19. The van der Waals surface area contributed by atoms with Gasteiger partial charge in [-0.2, -0.15) is 0 Å². The first-order valence-corrected chi connectivity index (χ1v) is 3.71. The molecule has 0 saturated carbocycles. The largest absolute Gasteiger partial charge is 0.480 e. The highest BCUT2D eigenvalue weighted by molar-refractivity contribution is 5.72. The molecule has 0 spiro atoms. The zero-order chi connectivity index (χ0) is 11.0. The van der Waals surface area contributed by atoms with E-state index in [1.165, 1.54) is 6.92 Å². The van der Waals surface area contributed by atoms with Crippen LogP contribution in [0.2, 0.25) is 0 Å². The fourth-order valence-corrected chi connectivity index (χ4v) is 0.123. The van der Waals surface area contributed by atoms with E-state index in [1.54, 1.807) is 14.0 Å². The molecule has 0 fully saturated rings. The molecule has 0 heterocycles. The summed E-state index contributed by atoms with van der Waals surface area (Å²) in [7, 11) is 1.61. The third-order valence-corrected chi connectivity index (χ3v) is 1.19. The molecule has 0 rings (SSSR count). The average molecular weight is 192 g/mol. The van der Waals surface area contributed by atoms with Crippen molar-refractivity contribution in [1.29, 1.82) is 0 Å². The summed E-state index contributed by atoms with van der Waals surface area (Å²) in [4.78, 5) is 19.4. The normalized spacial score (nSPS) is 13.5. The van der Waals surface area contributed by atoms with Crippen LogP contribution in [-0.4, -0.2) is 41.3 Å². The van der Waals surface area contributed by atoms with Crippen molar-refractivity contribution in [3.63, 3.8) is 0 Å². The molecule has 78 valence electrons. The molecule has 5 N–H and O–H groups in total. The predicted octanol–water partition coefficient (Wildman–Crippen LogP) is -0.903. The van der Waals surface area contributed by atoms with Crippen molar-refractivity contribution in [2.75, 3.05) is 7.05 Å². The molecule has 0 saturated heterocycles. The van der Waals surface area contributed by atoms with E-state index in [1.807, 2.05) is 0 Å². The van der Waals surface area contributed by atoms with Crippen LogP contribution in [0.25, 0.3) is 0 Å². The Morgan fingerprint density at radius 1 is 1.23 bits per heavy atom. The summed E-state index contributed by atoms with van der Waals surface area (Å²) in [6.45, 7) is 3.00. The fourth-order valence-electron chi connectivity index (χ4n) is 0.123. The summed E-state index contributed by atoms with van der Waals surface area (Å²) in [5.41, 5.74) is 4.84. The molecule has 2 atom stereocenters. The Balaban J connectivity index is 0. The van der Waals surface area contributed by atoms with Crippen LogP contribution in [0.5, 0.6) is 0 Å². The summed E-state index contributed by atoms with van der Waals surface area (Å²) in [5, 5.41) is 18.6. The van der Waals surface area contributed by atoms with Crippen LogP contribution in [0.3, 0.4) is 0 Å². The van der Waals surface area contributed by atoms with Gasteiger partial charge in [-0.1, -0.05) is 0 Å². The maximum absolute atomic E-state index is 9.87. The van der Waals surface area contributed by atoms with Crippen molar-refractivity contribution in [2.24, 2.45) is 5.73 Å². The van der Waals surface area contributed by atoms with Crippen LogP contribution >= 0.6 is 0 Å². The molecule has 0 aliphatic carbocycles. The summed E-state index contributed by atoms with van der Waals surface area (Å²) in [6.07, 6.45) is 0. The van der Waals surface area contributed by atoms with Crippen LogP contribution in [0.4, 0.5) is 0 Å². The molecule has 0 unspecified atom stereocenters. The van der Waals surface area contributed by atoms with Gasteiger partial charge in [0.2, 0.25) is 0 Å². The second-order valence-corrected chi connectivity index (χ2v) is 2.48. The molecular formula is C7H16N2O4. The summed E-state index contributed by atoms with van der Waals surface area (Å²) < 4.78 is 0. The number of hydrogen-bond donors (Lipinski definition) is 4. The maximum atomic E-state index is 9.87. The second kappa shape index (κ2) is 7.51. The molecule has 6 heteroatoms. The molecule has 0 aliphatic heterocycles. The minimum absolute atomic E-state index is 0.431. The lowest BCUT2D eigenvalue weighted by atomic mass is 10.4. The molecule has 0 bridgehead atoms. The van der Waals surface area contributed by atoms with Gasteiger partial charge in [-0.15, -0.1) is 0 Å². The zero-order valence-corrected chi connectivity index (χ0v) is 7.94. The van der Waals surface area contributed by atoms with Gasteiger partial charge in [0.1, 0.15) is 12.1 Å². The van der Waals surface area contributed by atoms with Crippen LogP contribution in [-0.2, 0) is 9.59 Å². The molecule has 6 nitrogen and oxygen atoms in total. The predicted molar refractivity (Wildman–Crippen MR) is 47.4 cm³/mol. The number of carboxylic acid groups (broad SMARTS) is 2. The summed E-state index contributed by atoms with van der Waals surface area (Å²) in [5.74, 6) is -1.78. The highest BCUT2D eigenvalue weighted by Gasteiger charge is 2.04. The minimum atomic E-state index is -0.963. The number of nitrogens with two attached hydrogens (primary N) is 1. The van der Waals surface area contributed by atoms with E-state index >= 15 is 0 Å². The van der Waals surface area contributed by atoms with E-state index < -0.39 is 24.0 Å². The van der Waals surface area contributed by atoms with Crippen LogP contribution in [0, 0.1) is 0 Å². The van der Waals surface area contributed by atoms with Gasteiger partial charge in [0.05, 0.1) is 0 Å². The molecule has 0 aromatic rings. The molecule has 0 amide bonds. The Hall–Kier alpha value is -1.14. The monoisotopic (exact) mass is 192 g/mol. The van der Waals surface area contributed by atoms with Gasteiger partial charge < -0.3 is 21.3 Å². The van der Waals surface area contributed by atoms with Crippen LogP contribution in [0.1, 0.15) is 13.8 Å². The Morgan fingerprint density at radius 2 is 1.54 bits per heavy atom. The van der Waals surface area contributed by atoms with Crippen molar-refractivity contribution >= 4 is 11.9 Å². The molecule has 0 aromatic heterocycles. The first-order valence-electron chi connectivity index (χ1n) is 3.71. The van der Waals surface area contributed by atoms with Gasteiger partial charge in [-0.05, 0) is 20.9 Å². The van der Waals surface area contributed by atoms with Gasteiger partial charge in [0.25, 0.3) is 0 Å². The van der Waals surface area contributed by atoms with Gasteiger partial charge in [-0.25, -0.2) is 0 Å². The van der Waals surface area contributed by atoms with E-state index in [0.29, 0.717) is 0 Å². The first kappa shape index (κ1) is 14.4. The maximum Gasteiger partial charge on any atom is 0.320 e. The highest BCUT2D eigenvalue weighted by atomic mass is 16.4. The number of hydrogen-bond acceptors (Lipinski definition) is 4. The lowest BCUT2D eigenvalue weighted by molar-refractivity contribution is -0.139. The Labute approximate surface area is 76.7 Å². The Kier molecular flexibility index (Phi) is 8.31. The van der Waals surface area contributed by atoms with Gasteiger partial charge in [0, 0.05) is 0 Å². The molecule has 0 aromatic carbocycles. The number of carbonyl (C=O) groups is 2. The summed E-state index contributed by atoms with van der Waals surface area (Å²) >= 11 is 0. The minimum Gasteiger partial charge on any atom is -0.480 e. The molecule has 0 radical (unpaired) electrons. The van der Waals surface area contributed by atoms with Crippen molar-refractivity contribution in [1.82, 2.24) is 5.32 Å². The van der Waals surface area contributed by atoms with Crippen molar-refractivity contribution in [3.8, 4) is 0 Å².